The maximum absolute atomic E-state index is 12.7. The Kier molecular flexibility index (Phi) is 71.0. The third-order valence-electron chi connectivity index (χ3n) is 18.3. The van der Waals surface area contributed by atoms with Gasteiger partial charge in [0.1, 0.15) is 12.2 Å². The van der Waals surface area contributed by atoms with Gasteiger partial charge in [0.2, 0.25) is 5.91 Å². The molecular formula is C78H151NO5. The summed E-state index contributed by atoms with van der Waals surface area (Å²) in [5, 5.41) is 44.3. The fourth-order valence-electron chi connectivity index (χ4n) is 12.4. The molecule has 0 heterocycles. The first-order chi connectivity index (χ1) is 41.5. The van der Waals surface area contributed by atoms with Crippen LogP contribution in [0.1, 0.15) is 425 Å². The van der Waals surface area contributed by atoms with Gasteiger partial charge < -0.3 is 25.7 Å². The molecule has 6 heteroatoms. The first-order valence-electron chi connectivity index (χ1n) is 38.4. The molecule has 0 aliphatic rings. The lowest BCUT2D eigenvalue weighted by atomic mass is 10.00. The van der Waals surface area contributed by atoms with Crippen molar-refractivity contribution in [1.29, 1.82) is 0 Å². The van der Waals surface area contributed by atoms with Gasteiger partial charge in [-0.2, -0.15) is 0 Å². The van der Waals surface area contributed by atoms with Crippen LogP contribution in [-0.4, -0.2) is 57.3 Å². The molecule has 84 heavy (non-hydrogen) atoms. The van der Waals surface area contributed by atoms with E-state index in [2.05, 4.69) is 55.6 Å². The summed E-state index contributed by atoms with van der Waals surface area (Å²) in [7, 11) is 0. The zero-order chi connectivity index (χ0) is 60.8. The summed E-state index contributed by atoms with van der Waals surface area (Å²) in [6.45, 7) is 4.11. The lowest BCUT2D eigenvalue weighted by molar-refractivity contribution is -0.132. The summed E-state index contributed by atoms with van der Waals surface area (Å²) in [6.07, 6.45) is 94.5. The Morgan fingerprint density at radius 2 is 0.524 bits per heavy atom. The van der Waals surface area contributed by atoms with Gasteiger partial charge in [0.05, 0.1) is 18.8 Å². The molecule has 4 atom stereocenters. The predicted molar refractivity (Wildman–Crippen MR) is 371 cm³/mol. The Morgan fingerprint density at radius 3 is 0.786 bits per heavy atom. The maximum Gasteiger partial charge on any atom is 0.249 e. The molecule has 0 aliphatic carbocycles. The van der Waals surface area contributed by atoms with Gasteiger partial charge in [-0.05, 0) is 70.6 Å². The van der Waals surface area contributed by atoms with Crippen molar-refractivity contribution in [3.8, 4) is 0 Å². The van der Waals surface area contributed by atoms with Crippen LogP contribution >= 0.6 is 0 Å². The van der Waals surface area contributed by atoms with Gasteiger partial charge in [0.25, 0.3) is 0 Å². The van der Waals surface area contributed by atoms with Crippen LogP contribution in [0.5, 0.6) is 0 Å². The van der Waals surface area contributed by atoms with Crippen molar-refractivity contribution in [3.05, 3.63) is 36.5 Å². The Labute approximate surface area is 526 Å². The summed E-state index contributed by atoms with van der Waals surface area (Å²) >= 11 is 0. The second-order valence-electron chi connectivity index (χ2n) is 26.7. The van der Waals surface area contributed by atoms with E-state index in [1.165, 1.54) is 353 Å². The molecule has 0 aromatic carbocycles. The van der Waals surface area contributed by atoms with Crippen LogP contribution in [0.3, 0.4) is 0 Å². The average Bonchev–Trinajstić information content (AvgIpc) is 3.53. The number of allylic oxidation sites excluding steroid dienone is 6. The highest BCUT2D eigenvalue weighted by atomic mass is 16.3. The van der Waals surface area contributed by atoms with Gasteiger partial charge in [0.15, 0.2) is 0 Å². The number of hydrogen-bond acceptors (Lipinski definition) is 5. The largest absolute Gasteiger partial charge is 0.394 e. The minimum Gasteiger partial charge on any atom is -0.394 e. The number of nitrogens with one attached hydrogen (secondary N) is 1. The van der Waals surface area contributed by atoms with Crippen molar-refractivity contribution >= 4 is 5.91 Å². The zero-order valence-corrected chi connectivity index (χ0v) is 56.9. The summed E-state index contributed by atoms with van der Waals surface area (Å²) in [6, 6.07) is -1.00. The fourth-order valence-corrected chi connectivity index (χ4v) is 12.4. The smallest absolute Gasteiger partial charge is 0.249 e. The first-order valence-corrected chi connectivity index (χ1v) is 38.4. The molecule has 0 aliphatic heterocycles. The highest BCUT2D eigenvalue weighted by Gasteiger charge is 2.28. The highest BCUT2D eigenvalue weighted by molar-refractivity contribution is 5.80. The SMILES string of the molecule is CCCCCCCCCCCCCCCCC/C=C\C/C=C\CCCCCCCCCCCCCCCCCCC(O)C(=O)NC(CO)C(O)C(O)CCC/C=C/CCCCCCCCCCCCCCCCCCCCCCCCCCC. The molecule has 0 fully saturated rings. The van der Waals surface area contributed by atoms with E-state index < -0.39 is 36.9 Å². The molecule has 0 bridgehead atoms. The normalized spacial score (nSPS) is 13.5. The van der Waals surface area contributed by atoms with E-state index >= 15 is 0 Å². The number of aliphatic hydroxyl groups excluding tert-OH is 4. The van der Waals surface area contributed by atoms with Crippen LogP contribution in [0.15, 0.2) is 36.5 Å². The molecule has 0 spiro atoms. The summed E-state index contributed by atoms with van der Waals surface area (Å²) < 4.78 is 0. The third kappa shape index (κ3) is 65.0. The molecular weight excluding hydrogens is 1030 g/mol. The number of hydrogen-bond donors (Lipinski definition) is 5. The van der Waals surface area contributed by atoms with E-state index in [4.69, 9.17) is 0 Å². The minimum absolute atomic E-state index is 0.365. The Balaban J connectivity index is 3.54. The van der Waals surface area contributed by atoms with E-state index in [1.807, 2.05) is 0 Å². The van der Waals surface area contributed by atoms with Crippen LogP contribution in [0.25, 0.3) is 0 Å². The standard InChI is InChI=1S/C78H151NO5/c1-3-5-7-9-11-13-15-17-19-21-23-25-27-29-31-33-35-36-37-38-39-40-41-42-44-46-48-50-52-54-56-58-60-62-64-66-68-70-72-76(82)78(84)79-74(73-80)77(83)75(81)71-69-67-65-63-61-59-57-55-53-51-49-47-45-43-34-32-30-28-26-24-22-20-18-16-14-12-10-8-6-4-2/h35-36,38-39,63,65,74-77,80-83H,3-34,37,40-62,64,66-73H2,1-2H3,(H,79,84)/b36-35-,39-38-,65-63+. The Bertz CT molecular complexity index is 1330. The number of aliphatic hydroxyl groups is 4. The minimum atomic E-state index is -1.28. The molecule has 0 aromatic rings. The second kappa shape index (κ2) is 72.3. The number of rotatable bonds is 72. The van der Waals surface area contributed by atoms with E-state index in [9.17, 15) is 25.2 Å². The van der Waals surface area contributed by atoms with Gasteiger partial charge in [-0.1, -0.05) is 391 Å². The molecule has 0 aromatic heterocycles. The monoisotopic (exact) mass is 1180 g/mol. The molecule has 1 amide bonds. The van der Waals surface area contributed by atoms with Crippen molar-refractivity contribution in [3.63, 3.8) is 0 Å². The summed E-state index contributed by atoms with van der Waals surface area (Å²) in [4.78, 5) is 12.7. The maximum atomic E-state index is 12.7. The molecule has 6 nitrogen and oxygen atoms in total. The van der Waals surface area contributed by atoms with Crippen LogP contribution < -0.4 is 5.32 Å². The number of carbonyl (C=O) groups is 1. The van der Waals surface area contributed by atoms with Crippen molar-refractivity contribution in [2.45, 2.75) is 449 Å². The zero-order valence-electron chi connectivity index (χ0n) is 56.9. The van der Waals surface area contributed by atoms with Gasteiger partial charge in [-0.25, -0.2) is 0 Å². The van der Waals surface area contributed by atoms with E-state index in [1.54, 1.807) is 0 Å². The molecule has 0 rings (SSSR count). The third-order valence-corrected chi connectivity index (χ3v) is 18.3. The van der Waals surface area contributed by atoms with E-state index in [-0.39, 0.29) is 0 Å². The molecule has 5 N–H and O–H groups in total. The average molecular weight is 1180 g/mol. The van der Waals surface area contributed by atoms with Crippen LogP contribution in [0, 0.1) is 0 Å². The van der Waals surface area contributed by atoms with Crippen molar-refractivity contribution in [2.24, 2.45) is 0 Å². The van der Waals surface area contributed by atoms with Gasteiger partial charge >= 0.3 is 0 Å². The summed E-state index contributed by atoms with van der Waals surface area (Å²) in [5.74, 6) is -0.587. The fraction of sp³-hybridized carbons (Fsp3) is 0.910. The molecule has 4 unspecified atom stereocenters. The molecule has 0 saturated heterocycles. The number of unbranched alkanes of at least 4 members (excludes halogenated alkanes) is 57. The Hall–Kier alpha value is -1.47. The van der Waals surface area contributed by atoms with E-state index in [0.29, 0.717) is 12.8 Å². The van der Waals surface area contributed by atoms with E-state index in [0.717, 1.165) is 44.9 Å². The van der Waals surface area contributed by atoms with Crippen molar-refractivity contribution in [1.82, 2.24) is 5.32 Å². The van der Waals surface area contributed by atoms with Crippen molar-refractivity contribution < 1.29 is 25.2 Å². The van der Waals surface area contributed by atoms with Gasteiger partial charge in [-0.3, -0.25) is 4.79 Å². The number of carbonyl (C=O) groups excluding carboxylic acids is 1. The second-order valence-corrected chi connectivity index (χ2v) is 26.7. The number of amides is 1. The van der Waals surface area contributed by atoms with Crippen LogP contribution in [0.2, 0.25) is 0 Å². The van der Waals surface area contributed by atoms with Gasteiger partial charge in [0, 0.05) is 0 Å². The molecule has 0 radical (unpaired) electrons. The molecule has 498 valence electrons. The molecule has 0 saturated carbocycles. The summed E-state index contributed by atoms with van der Waals surface area (Å²) in [5.41, 5.74) is 0. The lowest BCUT2D eigenvalue weighted by Crippen LogP contribution is -2.53. The van der Waals surface area contributed by atoms with Gasteiger partial charge in [-0.15, -0.1) is 0 Å². The topological polar surface area (TPSA) is 110 Å². The van der Waals surface area contributed by atoms with Crippen LogP contribution in [-0.2, 0) is 4.79 Å². The Morgan fingerprint density at radius 1 is 0.298 bits per heavy atom. The predicted octanol–water partition coefficient (Wildman–Crippen LogP) is 24.2. The van der Waals surface area contributed by atoms with Crippen molar-refractivity contribution in [2.75, 3.05) is 6.61 Å². The van der Waals surface area contributed by atoms with Crippen LogP contribution in [0.4, 0.5) is 0 Å². The lowest BCUT2D eigenvalue weighted by Gasteiger charge is -2.27. The first kappa shape index (κ1) is 82.5. The quantitative estimate of drug-likeness (QED) is 0.0308. The highest BCUT2D eigenvalue weighted by Crippen LogP contribution is 2.20.